The number of aromatic nitrogens is 2. The molecular formula is C19H28N4O5. The summed E-state index contributed by atoms with van der Waals surface area (Å²) in [7, 11) is 1.33. The minimum absolute atomic E-state index is 0.0212. The average molecular weight is 392 g/mol. The maximum atomic E-state index is 12.9. The topological polar surface area (TPSA) is 128 Å². The van der Waals surface area contributed by atoms with E-state index in [1.165, 1.54) is 11.6 Å². The van der Waals surface area contributed by atoms with E-state index >= 15 is 0 Å². The number of aliphatic carboxylic acids is 1. The first-order chi connectivity index (χ1) is 13.1. The van der Waals surface area contributed by atoms with Crippen LogP contribution in [0.15, 0.2) is 9.59 Å². The van der Waals surface area contributed by atoms with E-state index in [1.807, 2.05) is 13.8 Å². The van der Waals surface area contributed by atoms with E-state index in [9.17, 15) is 24.3 Å². The number of anilines is 1. The summed E-state index contributed by atoms with van der Waals surface area (Å²) >= 11 is 0. The van der Waals surface area contributed by atoms with Crippen LogP contribution in [0.4, 0.5) is 5.82 Å². The van der Waals surface area contributed by atoms with Crippen molar-refractivity contribution >= 4 is 17.6 Å². The highest BCUT2D eigenvalue weighted by molar-refractivity contribution is 6.01. The standard InChI is InChI=1S/C19H28N4O5/c1-11(2)7-23-15(20)14(16(25)21(3)18(23)28)13(24)9-22-8-12-5-4-6-19(12,10-22)17(26)27/h11-12H,4-10,20H2,1-3H3,(H,26,27)/t12-,19+/m0/s1. The van der Waals surface area contributed by atoms with Gasteiger partial charge in [-0.25, -0.2) is 4.79 Å². The van der Waals surface area contributed by atoms with Crippen molar-refractivity contribution in [3.05, 3.63) is 26.4 Å². The molecule has 154 valence electrons. The van der Waals surface area contributed by atoms with Crippen molar-refractivity contribution in [2.24, 2.45) is 24.3 Å². The molecule has 1 aliphatic heterocycles. The third kappa shape index (κ3) is 3.17. The Hall–Kier alpha value is -2.42. The van der Waals surface area contributed by atoms with Gasteiger partial charge in [0.15, 0.2) is 5.78 Å². The lowest BCUT2D eigenvalue weighted by Gasteiger charge is -2.23. The molecule has 9 nitrogen and oxygen atoms in total. The summed E-state index contributed by atoms with van der Waals surface area (Å²) in [4.78, 5) is 51.5. The van der Waals surface area contributed by atoms with Crippen LogP contribution in [0.25, 0.3) is 0 Å². The zero-order valence-corrected chi connectivity index (χ0v) is 16.6. The van der Waals surface area contributed by atoms with Gasteiger partial charge in [-0.05, 0) is 24.7 Å². The fourth-order valence-corrected chi connectivity index (χ4v) is 4.73. The number of carbonyl (C=O) groups excluding carboxylic acids is 1. The molecule has 0 bridgehead atoms. The lowest BCUT2D eigenvalue weighted by atomic mass is 9.81. The molecule has 2 fully saturated rings. The number of rotatable bonds is 6. The Kier molecular flexibility index (Phi) is 5.22. The Labute approximate surface area is 162 Å². The number of nitrogens with two attached hydrogens (primary N) is 1. The van der Waals surface area contributed by atoms with Crippen molar-refractivity contribution in [1.82, 2.24) is 14.0 Å². The molecule has 2 atom stereocenters. The van der Waals surface area contributed by atoms with Crippen molar-refractivity contribution in [3.63, 3.8) is 0 Å². The second-order valence-electron chi connectivity index (χ2n) is 8.55. The first-order valence-corrected chi connectivity index (χ1v) is 9.66. The summed E-state index contributed by atoms with van der Waals surface area (Å²) in [6.07, 6.45) is 2.33. The summed E-state index contributed by atoms with van der Waals surface area (Å²) in [6.45, 7) is 4.85. The van der Waals surface area contributed by atoms with Crippen LogP contribution in [0, 0.1) is 17.3 Å². The molecule has 1 aromatic rings. The second-order valence-corrected chi connectivity index (χ2v) is 8.55. The molecule has 1 saturated carbocycles. The van der Waals surface area contributed by atoms with Crippen LogP contribution >= 0.6 is 0 Å². The summed E-state index contributed by atoms with van der Waals surface area (Å²) in [6, 6.07) is 0. The molecule has 0 unspecified atom stereocenters. The molecule has 1 saturated heterocycles. The molecular weight excluding hydrogens is 364 g/mol. The van der Waals surface area contributed by atoms with Crippen LogP contribution in [-0.4, -0.2) is 50.5 Å². The minimum Gasteiger partial charge on any atom is -0.481 e. The number of carboxylic acids is 1. The van der Waals surface area contributed by atoms with E-state index in [0.29, 0.717) is 26.1 Å². The number of fused-ring (bicyclic) bond motifs is 1. The van der Waals surface area contributed by atoms with Gasteiger partial charge in [0, 0.05) is 26.7 Å². The van der Waals surface area contributed by atoms with Crippen LogP contribution in [0.5, 0.6) is 0 Å². The number of ketones is 1. The van der Waals surface area contributed by atoms with Crippen LogP contribution < -0.4 is 17.0 Å². The Morgan fingerprint density at radius 3 is 2.57 bits per heavy atom. The van der Waals surface area contributed by atoms with Crippen LogP contribution in [0.3, 0.4) is 0 Å². The lowest BCUT2D eigenvalue weighted by Crippen LogP contribution is -2.44. The summed E-state index contributed by atoms with van der Waals surface area (Å²) in [5.41, 5.74) is 3.81. The van der Waals surface area contributed by atoms with E-state index in [1.54, 1.807) is 4.90 Å². The fraction of sp³-hybridized carbons (Fsp3) is 0.684. The van der Waals surface area contributed by atoms with E-state index in [0.717, 1.165) is 17.4 Å². The maximum absolute atomic E-state index is 12.9. The monoisotopic (exact) mass is 392 g/mol. The first kappa shape index (κ1) is 20.3. The van der Waals surface area contributed by atoms with Crippen molar-refractivity contribution in [2.75, 3.05) is 25.4 Å². The highest BCUT2D eigenvalue weighted by atomic mass is 16.4. The predicted octanol–water partition coefficient (Wildman–Crippen LogP) is 0.155. The number of nitrogen functional groups attached to an aromatic ring is 1. The molecule has 1 aromatic heterocycles. The van der Waals surface area contributed by atoms with Crippen LogP contribution in [0.1, 0.15) is 43.5 Å². The average Bonchev–Trinajstić information content (AvgIpc) is 3.14. The second kappa shape index (κ2) is 7.20. The van der Waals surface area contributed by atoms with E-state index in [-0.39, 0.29) is 29.8 Å². The van der Waals surface area contributed by atoms with Crippen molar-refractivity contribution in [2.45, 2.75) is 39.7 Å². The fourth-order valence-electron chi connectivity index (χ4n) is 4.73. The third-order valence-electron chi connectivity index (χ3n) is 6.14. The van der Waals surface area contributed by atoms with Crippen molar-refractivity contribution in [3.8, 4) is 0 Å². The number of hydrogen-bond donors (Lipinski definition) is 2. The van der Waals surface area contributed by atoms with Gasteiger partial charge in [-0.2, -0.15) is 0 Å². The molecule has 0 aromatic carbocycles. The smallest absolute Gasteiger partial charge is 0.332 e. The molecule has 1 aliphatic carbocycles. The zero-order chi connectivity index (χ0) is 20.8. The Bertz CT molecular complexity index is 931. The molecule has 0 amide bonds. The molecule has 2 heterocycles. The summed E-state index contributed by atoms with van der Waals surface area (Å²) in [5.74, 6) is -1.28. The Morgan fingerprint density at radius 1 is 1.32 bits per heavy atom. The lowest BCUT2D eigenvalue weighted by molar-refractivity contribution is -0.149. The Balaban J connectivity index is 1.90. The van der Waals surface area contributed by atoms with Gasteiger partial charge in [0.25, 0.3) is 5.56 Å². The first-order valence-electron chi connectivity index (χ1n) is 9.66. The maximum Gasteiger partial charge on any atom is 0.332 e. The number of hydrogen-bond acceptors (Lipinski definition) is 6. The van der Waals surface area contributed by atoms with Gasteiger partial charge < -0.3 is 10.8 Å². The SMILES string of the molecule is CC(C)Cn1c(N)c(C(=O)CN2C[C@@H]3CCC[C@@]3(C(=O)O)C2)c(=O)n(C)c1=O. The quantitative estimate of drug-likeness (QED) is 0.660. The van der Waals surface area contributed by atoms with Gasteiger partial charge in [0.2, 0.25) is 0 Å². The van der Waals surface area contributed by atoms with Crippen LogP contribution in [-0.2, 0) is 18.4 Å². The highest BCUT2D eigenvalue weighted by Gasteiger charge is 2.54. The predicted molar refractivity (Wildman–Crippen MR) is 103 cm³/mol. The van der Waals surface area contributed by atoms with Crippen LogP contribution in [0.2, 0.25) is 0 Å². The molecule has 9 heteroatoms. The molecule has 0 radical (unpaired) electrons. The van der Waals surface area contributed by atoms with Crippen molar-refractivity contribution in [1.29, 1.82) is 0 Å². The molecule has 2 aliphatic rings. The molecule has 28 heavy (non-hydrogen) atoms. The van der Waals surface area contributed by atoms with Gasteiger partial charge in [0.05, 0.1) is 12.0 Å². The number of carbonyl (C=O) groups is 2. The highest BCUT2D eigenvalue weighted by Crippen LogP contribution is 2.48. The number of carboxylic acid groups (broad SMARTS) is 1. The third-order valence-corrected chi connectivity index (χ3v) is 6.14. The van der Waals surface area contributed by atoms with E-state index < -0.39 is 28.4 Å². The summed E-state index contributed by atoms with van der Waals surface area (Å²) < 4.78 is 2.17. The Morgan fingerprint density at radius 2 is 2.00 bits per heavy atom. The van der Waals surface area contributed by atoms with Gasteiger partial charge in [0.1, 0.15) is 11.4 Å². The molecule has 3 N–H and O–H groups in total. The number of Topliss-reactive ketones (excluding diaryl/α,β-unsaturated/α-hetero) is 1. The van der Waals surface area contributed by atoms with E-state index in [4.69, 9.17) is 5.73 Å². The normalized spacial score (nSPS) is 24.6. The van der Waals surface area contributed by atoms with Gasteiger partial charge in [-0.3, -0.25) is 28.4 Å². The van der Waals surface area contributed by atoms with Crippen molar-refractivity contribution < 1.29 is 14.7 Å². The van der Waals surface area contributed by atoms with Gasteiger partial charge >= 0.3 is 11.7 Å². The molecule has 3 rings (SSSR count). The zero-order valence-electron chi connectivity index (χ0n) is 16.6. The summed E-state index contributed by atoms with van der Waals surface area (Å²) in [5, 5.41) is 9.70. The largest absolute Gasteiger partial charge is 0.481 e. The molecule has 0 spiro atoms. The van der Waals surface area contributed by atoms with Gasteiger partial charge in [-0.1, -0.05) is 20.3 Å². The van der Waals surface area contributed by atoms with Gasteiger partial charge in [-0.15, -0.1) is 0 Å². The van der Waals surface area contributed by atoms with E-state index in [2.05, 4.69) is 0 Å². The minimum atomic E-state index is -0.814. The number of nitrogens with zero attached hydrogens (tertiary/aromatic N) is 3. The number of likely N-dealkylation sites (tertiary alicyclic amines) is 1.